The Kier molecular flexibility index (Phi) is 6.24. The summed E-state index contributed by atoms with van der Waals surface area (Å²) in [6, 6.07) is 19.6. The Hall–Kier alpha value is -3.25. The van der Waals surface area contributed by atoms with E-state index in [1.54, 1.807) is 12.1 Å². The fourth-order valence-corrected chi connectivity index (χ4v) is 4.97. The van der Waals surface area contributed by atoms with Gasteiger partial charge < -0.3 is 9.47 Å². The second-order valence-electron chi connectivity index (χ2n) is 7.70. The molecule has 1 aliphatic heterocycles. The number of amides is 2. The van der Waals surface area contributed by atoms with Gasteiger partial charge in [-0.1, -0.05) is 18.2 Å². The van der Waals surface area contributed by atoms with Crippen LogP contribution in [0.2, 0.25) is 0 Å². The van der Waals surface area contributed by atoms with Gasteiger partial charge in [0.05, 0.1) is 10.6 Å². The maximum atomic E-state index is 13.0. The fraction of sp³-hybridized carbons (Fsp3) is 0.231. The fourth-order valence-electron chi connectivity index (χ4n) is 4.14. The number of hydrogen-bond acceptors (Lipinski definition) is 4. The Balaban J connectivity index is 1.64. The van der Waals surface area contributed by atoms with Crippen LogP contribution >= 0.6 is 11.8 Å². The predicted octanol–water partition coefficient (Wildman–Crippen LogP) is 6.18. The largest absolute Gasteiger partial charge is 0.372 e. The van der Waals surface area contributed by atoms with E-state index in [2.05, 4.69) is 60.6 Å². The van der Waals surface area contributed by atoms with Crippen molar-refractivity contribution in [3.05, 3.63) is 82.5 Å². The van der Waals surface area contributed by atoms with Gasteiger partial charge in [-0.3, -0.25) is 9.59 Å². The number of aromatic nitrogens is 1. The predicted molar refractivity (Wildman–Crippen MR) is 134 cm³/mol. The quantitative estimate of drug-likeness (QED) is 0.425. The zero-order chi connectivity index (χ0) is 22.8. The van der Waals surface area contributed by atoms with Crippen LogP contribution in [0.1, 0.15) is 30.8 Å². The van der Waals surface area contributed by atoms with Crippen molar-refractivity contribution < 1.29 is 9.59 Å². The molecule has 1 saturated heterocycles. The van der Waals surface area contributed by atoms with Gasteiger partial charge in [-0.15, -0.1) is 0 Å². The summed E-state index contributed by atoms with van der Waals surface area (Å²) >= 11 is 0.985. The molecular formula is C26H27N3O2S. The highest BCUT2D eigenvalue weighted by Crippen LogP contribution is 2.36. The van der Waals surface area contributed by atoms with E-state index in [0.717, 1.165) is 47.5 Å². The Labute approximate surface area is 193 Å². The van der Waals surface area contributed by atoms with Crippen LogP contribution in [-0.2, 0) is 4.79 Å². The number of rotatable bonds is 6. The number of nitrogens with zero attached hydrogens (tertiary/aromatic N) is 3. The van der Waals surface area contributed by atoms with Crippen molar-refractivity contribution >= 4 is 40.4 Å². The molecule has 2 amide bonds. The molecule has 3 aromatic rings. The van der Waals surface area contributed by atoms with Crippen molar-refractivity contribution in [1.29, 1.82) is 0 Å². The molecule has 0 aliphatic carbocycles. The lowest BCUT2D eigenvalue weighted by Crippen LogP contribution is -2.27. The van der Waals surface area contributed by atoms with Crippen LogP contribution in [0.15, 0.2) is 65.6 Å². The molecule has 164 valence electrons. The summed E-state index contributed by atoms with van der Waals surface area (Å²) in [5, 5.41) is -0.270. The summed E-state index contributed by atoms with van der Waals surface area (Å²) in [5.74, 6) is -0.278. The van der Waals surface area contributed by atoms with Gasteiger partial charge in [0.25, 0.3) is 11.1 Å². The number of aryl methyl sites for hydroxylation is 1. The van der Waals surface area contributed by atoms with E-state index in [1.807, 2.05) is 31.2 Å². The average Bonchev–Trinajstić information content (AvgIpc) is 3.24. The van der Waals surface area contributed by atoms with E-state index in [1.165, 1.54) is 10.6 Å². The number of imide groups is 1. The minimum Gasteiger partial charge on any atom is -0.372 e. The number of para-hydroxylation sites is 1. The first-order valence-corrected chi connectivity index (χ1v) is 11.6. The molecule has 0 bridgehead atoms. The Morgan fingerprint density at radius 2 is 1.56 bits per heavy atom. The molecule has 0 saturated carbocycles. The summed E-state index contributed by atoms with van der Waals surface area (Å²) < 4.78 is 2.18. The molecule has 0 spiro atoms. The summed E-state index contributed by atoms with van der Waals surface area (Å²) in [5.41, 5.74) is 5.92. The van der Waals surface area contributed by atoms with Gasteiger partial charge in [-0.2, -0.15) is 0 Å². The van der Waals surface area contributed by atoms with Gasteiger partial charge >= 0.3 is 0 Å². The molecule has 2 heterocycles. The van der Waals surface area contributed by atoms with Gasteiger partial charge in [0.15, 0.2) is 0 Å². The lowest BCUT2D eigenvalue weighted by molar-refractivity contribution is -0.113. The first kappa shape index (κ1) is 22.0. The van der Waals surface area contributed by atoms with Crippen molar-refractivity contribution in [1.82, 2.24) is 4.57 Å². The van der Waals surface area contributed by atoms with Crippen molar-refractivity contribution in [3.8, 4) is 5.69 Å². The third-order valence-electron chi connectivity index (χ3n) is 5.80. The van der Waals surface area contributed by atoms with Crippen LogP contribution in [0.5, 0.6) is 0 Å². The highest BCUT2D eigenvalue weighted by molar-refractivity contribution is 8.19. The highest BCUT2D eigenvalue weighted by Gasteiger charge is 2.36. The molecule has 1 aliphatic rings. The van der Waals surface area contributed by atoms with Crippen molar-refractivity contribution in [2.24, 2.45) is 0 Å². The standard InChI is InChI=1S/C26H27N3O2S/c1-5-27(6-2)21-12-14-23(15-13-21)28-18(3)16-20(19(28)4)17-24-25(30)29(26(31)32-24)22-10-8-7-9-11-22/h7-17H,5-6H2,1-4H3/b24-17-. The molecular weight excluding hydrogens is 418 g/mol. The van der Waals surface area contributed by atoms with Crippen molar-refractivity contribution in [2.75, 3.05) is 22.9 Å². The average molecular weight is 446 g/mol. The molecule has 0 radical (unpaired) electrons. The molecule has 0 unspecified atom stereocenters. The third kappa shape index (κ3) is 3.98. The number of carbonyl (C=O) groups excluding carboxylic acids is 2. The van der Waals surface area contributed by atoms with E-state index in [9.17, 15) is 9.59 Å². The van der Waals surface area contributed by atoms with Gasteiger partial charge in [0, 0.05) is 35.9 Å². The normalized spacial score (nSPS) is 15.1. The minimum absolute atomic E-state index is 0.270. The lowest BCUT2D eigenvalue weighted by Gasteiger charge is -2.21. The molecule has 1 fully saturated rings. The van der Waals surface area contributed by atoms with E-state index in [0.29, 0.717) is 10.6 Å². The second-order valence-corrected chi connectivity index (χ2v) is 8.70. The number of thioether (sulfide) groups is 1. The molecule has 32 heavy (non-hydrogen) atoms. The van der Waals surface area contributed by atoms with Crippen LogP contribution in [0, 0.1) is 13.8 Å². The zero-order valence-corrected chi connectivity index (χ0v) is 19.6. The molecule has 6 heteroatoms. The molecule has 0 atom stereocenters. The molecule has 5 nitrogen and oxygen atoms in total. The summed E-state index contributed by atoms with van der Waals surface area (Å²) in [6.07, 6.45) is 1.83. The van der Waals surface area contributed by atoms with Crippen LogP contribution < -0.4 is 9.80 Å². The first-order chi connectivity index (χ1) is 15.4. The highest BCUT2D eigenvalue weighted by atomic mass is 32.2. The second kappa shape index (κ2) is 9.09. The van der Waals surface area contributed by atoms with Gasteiger partial charge in [-0.05, 0) is 93.6 Å². The summed E-state index contributed by atoms with van der Waals surface area (Å²) in [6.45, 7) is 10.4. The Morgan fingerprint density at radius 1 is 0.906 bits per heavy atom. The SMILES string of the molecule is CCN(CC)c1ccc(-n2c(C)cc(/C=C3\SC(=O)N(c4ccccc4)C3=O)c2C)cc1. The number of anilines is 2. The summed E-state index contributed by atoms with van der Waals surface area (Å²) in [7, 11) is 0. The van der Waals surface area contributed by atoms with Gasteiger partial charge in [-0.25, -0.2) is 4.90 Å². The molecule has 0 N–H and O–H groups in total. The number of carbonyl (C=O) groups is 2. The molecule has 4 rings (SSSR count). The maximum absolute atomic E-state index is 13.0. The Morgan fingerprint density at radius 3 is 2.19 bits per heavy atom. The van der Waals surface area contributed by atoms with Crippen LogP contribution in [0.25, 0.3) is 11.8 Å². The lowest BCUT2D eigenvalue weighted by atomic mass is 10.2. The smallest absolute Gasteiger partial charge is 0.298 e. The monoisotopic (exact) mass is 445 g/mol. The molecule has 1 aromatic heterocycles. The van der Waals surface area contributed by atoms with Crippen LogP contribution in [0.4, 0.5) is 16.2 Å². The Bertz CT molecular complexity index is 1180. The summed E-state index contributed by atoms with van der Waals surface area (Å²) in [4.78, 5) is 29.5. The topological polar surface area (TPSA) is 45.6 Å². The third-order valence-corrected chi connectivity index (χ3v) is 6.67. The van der Waals surface area contributed by atoms with E-state index < -0.39 is 0 Å². The van der Waals surface area contributed by atoms with E-state index in [-0.39, 0.29) is 11.1 Å². The van der Waals surface area contributed by atoms with E-state index >= 15 is 0 Å². The van der Waals surface area contributed by atoms with Crippen LogP contribution in [0.3, 0.4) is 0 Å². The van der Waals surface area contributed by atoms with Crippen molar-refractivity contribution in [2.45, 2.75) is 27.7 Å². The zero-order valence-electron chi connectivity index (χ0n) is 18.8. The number of benzene rings is 2. The van der Waals surface area contributed by atoms with Gasteiger partial charge in [0.1, 0.15) is 0 Å². The van der Waals surface area contributed by atoms with Crippen molar-refractivity contribution in [3.63, 3.8) is 0 Å². The van der Waals surface area contributed by atoms with Crippen LogP contribution in [-0.4, -0.2) is 28.8 Å². The maximum Gasteiger partial charge on any atom is 0.298 e. The van der Waals surface area contributed by atoms with E-state index in [4.69, 9.17) is 0 Å². The van der Waals surface area contributed by atoms with Gasteiger partial charge in [0.2, 0.25) is 0 Å². The first-order valence-electron chi connectivity index (χ1n) is 10.8. The molecule has 2 aromatic carbocycles. The minimum atomic E-state index is -0.278. The number of hydrogen-bond donors (Lipinski definition) is 0.